The summed E-state index contributed by atoms with van der Waals surface area (Å²) in [4.78, 5) is 12.6. The van der Waals surface area contributed by atoms with E-state index in [0.717, 1.165) is 28.5 Å². The average Bonchev–Trinajstić information content (AvgIpc) is 2.62. The van der Waals surface area contributed by atoms with Gasteiger partial charge >= 0.3 is 5.97 Å². The minimum absolute atomic E-state index is 0.194. The van der Waals surface area contributed by atoms with Gasteiger partial charge in [0.25, 0.3) is 0 Å². The van der Waals surface area contributed by atoms with Gasteiger partial charge < -0.3 is 9.47 Å². The molecule has 1 atom stereocenters. The Hall–Kier alpha value is 0.220. The first-order valence-electron chi connectivity index (χ1n) is 12.0. The highest BCUT2D eigenvalue weighted by molar-refractivity contribution is 8.47. The van der Waals surface area contributed by atoms with E-state index >= 15 is 0 Å². The average molecular weight is 507 g/mol. The second kappa shape index (κ2) is 13.9. The van der Waals surface area contributed by atoms with E-state index in [2.05, 4.69) is 62.3 Å². The molecule has 0 rings (SSSR count). The van der Waals surface area contributed by atoms with Gasteiger partial charge in [0.05, 0.1) is 6.61 Å². The lowest BCUT2D eigenvalue weighted by Gasteiger charge is -2.32. The quantitative estimate of drug-likeness (QED) is 0.134. The molecular formula is C26H50O3S3. The molecule has 0 saturated carbocycles. The molecule has 0 saturated heterocycles. The van der Waals surface area contributed by atoms with E-state index in [1.165, 1.54) is 18.2 Å². The Labute approximate surface area is 213 Å². The van der Waals surface area contributed by atoms with Crippen LogP contribution in [0.4, 0.5) is 0 Å². The van der Waals surface area contributed by atoms with Crippen LogP contribution in [0.15, 0.2) is 0 Å². The largest absolute Gasteiger partial charge is 0.462 e. The molecule has 0 aliphatic carbocycles. The molecule has 32 heavy (non-hydrogen) atoms. The van der Waals surface area contributed by atoms with Crippen LogP contribution in [0, 0.1) is 22.2 Å². The van der Waals surface area contributed by atoms with Crippen LogP contribution in [0.2, 0.25) is 0 Å². The zero-order valence-electron chi connectivity index (χ0n) is 22.7. The van der Waals surface area contributed by atoms with Gasteiger partial charge in [0.15, 0.2) is 0 Å². The molecule has 3 nitrogen and oxygen atoms in total. The molecule has 1 unspecified atom stereocenters. The van der Waals surface area contributed by atoms with Crippen molar-refractivity contribution in [1.82, 2.24) is 0 Å². The molecule has 0 radical (unpaired) electrons. The number of thiocarbonyl (C=S) groups is 1. The molecule has 0 N–H and O–H groups in total. The fourth-order valence-corrected chi connectivity index (χ4v) is 6.95. The zero-order chi connectivity index (χ0) is 25.2. The first-order chi connectivity index (χ1) is 14.4. The third kappa shape index (κ3) is 13.8. The van der Waals surface area contributed by atoms with Gasteiger partial charge in [0, 0.05) is 12.4 Å². The lowest BCUT2D eigenvalue weighted by atomic mass is 9.73. The number of rotatable bonds is 14. The van der Waals surface area contributed by atoms with Crippen LogP contribution in [0.1, 0.15) is 102 Å². The minimum Gasteiger partial charge on any atom is -0.462 e. The van der Waals surface area contributed by atoms with Crippen LogP contribution in [-0.4, -0.2) is 39.8 Å². The van der Waals surface area contributed by atoms with Gasteiger partial charge in [-0.1, -0.05) is 92.7 Å². The fourth-order valence-electron chi connectivity index (χ4n) is 3.94. The van der Waals surface area contributed by atoms with Gasteiger partial charge in [-0.25, -0.2) is 0 Å². The maximum atomic E-state index is 12.6. The second-order valence-corrected chi connectivity index (χ2v) is 15.9. The van der Waals surface area contributed by atoms with Crippen molar-refractivity contribution in [1.29, 1.82) is 0 Å². The molecule has 0 amide bonds. The third-order valence-corrected chi connectivity index (χ3v) is 9.33. The van der Waals surface area contributed by atoms with Gasteiger partial charge in [-0.3, -0.25) is 4.79 Å². The maximum Gasteiger partial charge on any atom is 0.322 e. The monoisotopic (exact) mass is 506 g/mol. The summed E-state index contributed by atoms with van der Waals surface area (Å²) in [5.74, 6) is 1.38. The number of carbonyl (C=O) groups excluding carboxylic acids is 1. The van der Waals surface area contributed by atoms with Crippen LogP contribution < -0.4 is 0 Å². The highest BCUT2D eigenvalue weighted by atomic mass is 32.2. The number of esters is 1. The van der Waals surface area contributed by atoms with E-state index < -0.39 is 4.75 Å². The Morgan fingerprint density at radius 3 is 2.06 bits per heavy atom. The summed E-state index contributed by atoms with van der Waals surface area (Å²) in [6.45, 7) is 25.8. The molecule has 0 aromatic carbocycles. The smallest absolute Gasteiger partial charge is 0.322 e. The second-order valence-electron chi connectivity index (χ2n) is 12.1. The fraction of sp³-hybridized carbons (Fsp3) is 0.923. The molecule has 190 valence electrons. The van der Waals surface area contributed by atoms with Crippen molar-refractivity contribution in [3.05, 3.63) is 0 Å². The lowest BCUT2D eigenvalue weighted by Crippen LogP contribution is -2.32. The molecule has 0 aliphatic heterocycles. The van der Waals surface area contributed by atoms with Crippen LogP contribution >= 0.6 is 35.7 Å². The highest BCUT2D eigenvalue weighted by Gasteiger charge is 2.33. The number of hydrogen-bond acceptors (Lipinski definition) is 6. The summed E-state index contributed by atoms with van der Waals surface area (Å²) in [6, 6.07) is 0. The number of thioether (sulfide) groups is 2. The summed E-state index contributed by atoms with van der Waals surface area (Å²) in [6.07, 6.45) is 4.51. The maximum absolute atomic E-state index is 12.6. The van der Waals surface area contributed by atoms with Crippen molar-refractivity contribution in [2.45, 2.75) is 107 Å². The number of ether oxygens (including phenoxy) is 2. The lowest BCUT2D eigenvalue weighted by molar-refractivity contribution is -0.147. The SMILES string of the molecule is CCC(C)(CCCOCCOC(=O)C(C)(C)SC(=S)SCC(C)(C)CC(C)(C)C)C(C)C. The standard InChI is InChI=1S/C26H50O3S3/c1-12-26(11,20(2)3)14-13-15-28-16-17-29-21(27)25(9,10)32-22(30)31-19-24(7,8)18-23(4,5)6/h20H,12-19H2,1-11H3. The Balaban J connectivity index is 4.23. The van der Waals surface area contributed by atoms with Gasteiger partial charge in [0.2, 0.25) is 0 Å². The predicted octanol–water partition coefficient (Wildman–Crippen LogP) is 8.39. The van der Waals surface area contributed by atoms with Crippen molar-refractivity contribution < 1.29 is 14.3 Å². The van der Waals surface area contributed by atoms with Crippen molar-refractivity contribution in [2.24, 2.45) is 22.2 Å². The first-order valence-corrected chi connectivity index (χ1v) is 14.3. The van der Waals surface area contributed by atoms with Gasteiger partial charge in [0.1, 0.15) is 14.9 Å². The summed E-state index contributed by atoms with van der Waals surface area (Å²) in [5.41, 5.74) is 0.850. The van der Waals surface area contributed by atoms with E-state index in [9.17, 15) is 4.79 Å². The molecular weight excluding hydrogens is 456 g/mol. The topological polar surface area (TPSA) is 35.5 Å². The van der Waals surface area contributed by atoms with Gasteiger partial charge in [-0.05, 0) is 55.3 Å². The summed E-state index contributed by atoms with van der Waals surface area (Å²) < 4.78 is 11.3. The molecule has 0 aromatic rings. The van der Waals surface area contributed by atoms with Crippen LogP contribution in [0.25, 0.3) is 0 Å². The normalized spacial score (nSPS) is 15.0. The third-order valence-electron chi connectivity index (χ3n) is 6.12. The van der Waals surface area contributed by atoms with E-state index in [1.54, 1.807) is 11.8 Å². The minimum atomic E-state index is -0.696. The van der Waals surface area contributed by atoms with Crippen molar-refractivity contribution >= 4 is 45.2 Å². The Morgan fingerprint density at radius 2 is 1.56 bits per heavy atom. The molecule has 0 spiro atoms. The molecule has 6 heteroatoms. The van der Waals surface area contributed by atoms with E-state index in [0.29, 0.717) is 24.5 Å². The molecule has 0 fully saturated rings. The summed E-state index contributed by atoms with van der Waals surface area (Å²) in [5, 5.41) is 0. The van der Waals surface area contributed by atoms with Crippen molar-refractivity contribution in [2.75, 3.05) is 25.6 Å². The highest BCUT2D eigenvalue weighted by Crippen LogP contribution is 2.39. The Bertz CT molecular complexity index is 579. The van der Waals surface area contributed by atoms with Crippen LogP contribution in [-0.2, 0) is 14.3 Å². The molecule has 0 heterocycles. The molecule has 0 bridgehead atoms. The van der Waals surface area contributed by atoms with Crippen molar-refractivity contribution in [3.8, 4) is 0 Å². The van der Waals surface area contributed by atoms with E-state index in [-0.39, 0.29) is 23.4 Å². The summed E-state index contributed by atoms with van der Waals surface area (Å²) in [7, 11) is 0. The van der Waals surface area contributed by atoms with Crippen LogP contribution in [0.5, 0.6) is 0 Å². The Kier molecular flexibility index (Phi) is 14.0. The molecule has 0 aromatic heterocycles. The van der Waals surface area contributed by atoms with Crippen molar-refractivity contribution in [3.63, 3.8) is 0 Å². The van der Waals surface area contributed by atoms with Crippen LogP contribution in [0.3, 0.4) is 0 Å². The van der Waals surface area contributed by atoms with Gasteiger partial charge in [-0.15, -0.1) is 11.8 Å². The number of carbonyl (C=O) groups is 1. The molecule has 0 aliphatic rings. The van der Waals surface area contributed by atoms with Gasteiger partial charge in [-0.2, -0.15) is 0 Å². The zero-order valence-corrected chi connectivity index (χ0v) is 25.1. The predicted molar refractivity (Wildman–Crippen MR) is 149 cm³/mol. The van der Waals surface area contributed by atoms with E-state index in [1.807, 2.05) is 13.8 Å². The Morgan fingerprint density at radius 1 is 0.969 bits per heavy atom. The number of hydrogen-bond donors (Lipinski definition) is 0. The first kappa shape index (κ1) is 32.2. The summed E-state index contributed by atoms with van der Waals surface area (Å²) >= 11 is 8.67. The van der Waals surface area contributed by atoms with E-state index in [4.69, 9.17) is 21.7 Å².